The first-order valence-corrected chi connectivity index (χ1v) is 11.0. The van der Waals surface area contributed by atoms with Gasteiger partial charge in [-0.05, 0) is 12.8 Å². The normalized spacial score (nSPS) is 28.2. The van der Waals surface area contributed by atoms with Crippen LogP contribution < -0.4 is 11.2 Å². The molecule has 0 saturated carbocycles. The summed E-state index contributed by atoms with van der Waals surface area (Å²) >= 11 is 0. The van der Waals surface area contributed by atoms with E-state index in [1.54, 1.807) is 7.11 Å². The molecule has 9 nitrogen and oxygen atoms in total. The van der Waals surface area contributed by atoms with Gasteiger partial charge in [-0.3, -0.25) is 14.3 Å². The fourth-order valence-electron chi connectivity index (χ4n) is 3.56. The summed E-state index contributed by atoms with van der Waals surface area (Å²) in [5.74, 6) is 0. The second-order valence-corrected chi connectivity index (χ2v) is 7.95. The van der Waals surface area contributed by atoms with E-state index in [2.05, 4.69) is 11.9 Å². The lowest BCUT2D eigenvalue weighted by Gasteiger charge is -2.35. The number of ether oxygens (including phenoxy) is 2. The van der Waals surface area contributed by atoms with Crippen LogP contribution in [0.15, 0.2) is 21.9 Å². The SMILES string of the molecule is CCC[C@]1(CC)O[C@@H](n2ccc(=O)[nH]c2=O)C(OC)[C@H]1OP(C)OCCC#N. The minimum atomic E-state index is -1.27. The number of aromatic amines is 1. The van der Waals surface area contributed by atoms with Crippen molar-refractivity contribution in [3.05, 3.63) is 33.1 Å². The minimum absolute atomic E-state index is 0.286. The van der Waals surface area contributed by atoms with Gasteiger partial charge < -0.3 is 18.5 Å². The molecular weight excluding hydrogens is 385 g/mol. The van der Waals surface area contributed by atoms with Crippen molar-refractivity contribution in [2.45, 2.75) is 63.6 Å². The molecule has 1 aliphatic rings. The van der Waals surface area contributed by atoms with Crippen LogP contribution >= 0.6 is 8.38 Å². The molecule has 2 rings (SSSR count). The van der Waals surface area contributed by atoms with Gasteiger partial charge in [0.25, 0.3) is 5.56 Å². The Kier molecular flexibility index (Phi) is 8.35. The van der Waals surface area contributed by atoms with Crippen molar-refractivity contribution in [3.8, 4) is 6.07 Å². The van der Waals surface area contributed by atoms with Crippen molar-refractivity contribution in [1.29, 1.82) is 5.26 Å². The number of hydrogen-bond donors (Lipinski definition) is 1. The summed E-state index contributed by atoms with van der Waals surface area (Å²) in [6.07, 6.45) is 2.14. The first-order chi connectivity index (χ1) is 13.4. The van der Waals surface area contributed by atoms with Gasteiger partial charge in [0, 0.05) is 26.0 Å². The fourth-order valence-corrected chi connectivity index (χ4v) is 4.60. The number of rotatable bonds is 10. The van der Waals surface area contributed by atoms with E-state index in [1.165, 1.54) is 16.8 Å². The summed E-state index contributed by atoms with van der Waals surface area (Å²) in [6, 6.07) is 3.31. The van der Waals surface area contributed by atoms with Crippen LogP contribution in [0.4, 0.5) is 0 Å². The van der Waals surface area contributed by atoms with Crippen LogP contribution in [0.2, 0.25) is 0 Å². The van der Waals surface area contributed by atoms with Crippen molar-refractivity contribution >= 4 is 8.38 Å². The molecule has 1 saturated heterocycles. The van der Waals surface area contributed by atoms with E-state index in [-0.39, 0.29) is 6.42 Å². The Morgan fingerprint density at radius 1 is 1.43 bits per heavy atom. The zero-order chi connectivity index (χ0) is 20.7. The molecule has 156 valence electrons. The second-order valence-electron chi connectivity index (χ2n) is 6.60. The lowest BCUT2D eigenvalue weighted by atomic mass is 9.88. The molecule has 2 heterocycles. The van der Waals surface area contributed by atoms with Gasteiger partial charge in [-0.15, -0.1) is 0 Å². The summed E-state index contributed by atoms with van der Waals surface area (Å²) in [4.78, 5) is 26.0. The third-order valence-corrected chi connectivity index (χ3v) is 5.94. The van der Waals surface area contributed by atoms with Crippen LogP contribution in [-0.4, -0.2) is 47.7 Å². The largest absolute Gasteiger partial charge is 0.374 e. The summed E-state index contributed by atoms with van der Waals surface area (Å²) in [5, 5.41) is 8.68. The van der Waals surface area contributed by atoms with Crippen LogP contribution in [0.1, 0.15) is 45.8 Å². The molecule has 0 radical (unpaired) electrons. The zero-order valence-electron chi connectivity index (χ0n) is 16.7. The molecule has 28 heavy (non-hydrogen) atoms. The topological polar surface area (TPSA) is 116 Å². The molecule has 0 amide bonds. The monoisotopic (exact) mass is 413 g/mol. The summed E-state index contributed by atoms with van der Waals surface area (Å²) < 4.78 is 25.3. The van der Waals surface area contributed by atoms with Gasteiger partial charge in [0.1, 0.15) is 12.2 Å². The predicted molar refractivity (Wildman–Crippen MR) is 104 cm³/mol. The van der Waals surface area contributed by atoms with Gasteiger partial charge in [-0.2, -0.15) is 5.26 Å². The maximum atomic E-state index is 12.3. The first kappa shape index (κ1) is 22.7. The van der Waals surface area contributed by atoms with Gasteiger partial charge >= 0.3 is 5.69 Å². The Morgan fingerprint density at radius 2 is 2.18 bits per heavy atom. The van der Waals surface area contributed by atoms with E-state index >= 15 is 0 Å². The third kappa shape index (κ3) is 4.88. The summed E-state index contributed by atoms with van der Waals surface area (Å²) in [7, 11) is 0.274. The minimum Gasteiger partial charge on any atom is -0.374 e. The standard InChI is InChI=1S/C18H28N3O6P/c1-5-9-18(6-2)15(27-28(4)25-12-7-10-19)14(24-3)16(26-18)21-11-8-13(22)20-17(21)23/h8,11,14-16H,5-7,9,12H2,1-4H3,(H,20,22,23)/t14?,15-,16-,18+,28?/m1/s1. The third-order valence-electron chi connectivity index (χ3n) is 4.87. The molecule has 0 aliphatic carbocycles. The lowest BCUT2D eigenvalue weighted by Crippen LogP contribution is -2.44. The van der Waals surface area contributed by atoms with E-state index < -0.39 is 43.7 Å². The van der Waals surface area contributed by atoms with Crippen molar-refractivity contribution in [1.82, 2.24) is 9.55 Å². The molecule has 1 N–H and O–H groups in total. The molecule has 0 bridgehead atoms. The Morgan fingerprint density at radius 3 is 2.75 bits per heavy atom. The highest BCUT2D eigenvalue weighted by Crippen LogP contribution is 2.50. The summed E-state index contributed by atoms with van der Waals surface area (Å²) in [5.41, 5.74) is -1.70. The number of nitriles is 1. The van der Waals surface area contributed by atoms with Gasteiger partial charge in [0.2, 0.25) is 0 Å². The molecule has 0 spiro atoms. The Balaban J connectivity index is 2.36. The van der Waals surface area contributed by atoms with Crippen LogP contribution in [0.3, 0.4) is 0 Å². The quantitative estimate of drug-likeness (QED) is 0.462. The van der Waals surface area contributed by atoms with Crippen LogP contribution in [0.5, 0.6) is 0 Å². The maximum absolute atomic E-state index is 12.3. The van der Waals surface area contributed by atoms with Crippen molar-refractivity contribution in [2.75, 3.05) is 20.4 Å². The average molecular weight is 413 g/mol. The zero-order valence-corrected chi connectivity index (χ0v) is 17.6. The molecule has 1 aliphatic heterocycles. The van der Waals surface area contributed by atoms with E-state index in [1.807, 2.05) is 19.7 Å². The number of H-pyrrole nitrogens is 1. The van der Waals surface area contributed by atoms with E-state index in [9.17, 15) is 9.59 Å². The number of aromatic nitrogens is 2. The smallest absolute Gasteiger partial charge is 0.330 e. The molecule has 10 heteroatoms. The number of nitrogens with zero attached hydrogens (tertiary/aromatic N) is 2. The lowest BCUT2D eigenvalue weighted by molar-refractivity contribution is -0.109. The number of methoxy groups -OCH3 is 1. The van der Waals surface area contributed by atoms with E-state index in [4.69, 9.17) is 23.8 Å². The van der Waals surface area contributed by atoms with Gasteiger partial charge in [0.15, 0.2) is 14.6 Å². The van der Waals surface area contributed by atoms with Gasteiger partial charge in [0.05, 0.1) is 24.7 Å². The van der Waals surface area contributed by atoms with Crippen molar-refractivity contribution < 1.29 is 18.5 Å². The fraction of sp³-hybridized carbons (Fsp3) is 0.722. The molecule has 1 aromatic heterocycles. The molecule has 0 aromatic carbocycles. The Hall–Kier alpha value is -1.56. The van der Waals surface area contributed by atoms with E-state index in [0.717, 1.165) is 6.42 Å². The van der Waals surface area contributed by atoms with E-state index in [0.29, 0.717) is 19.4 Å². The molecule has 1 aromatic rings. The number of nitrogens with one attached hydrogen (secondary N) is 1. The molecule has 1 fully saturated rings. The molecule has 5 atom stereocenters. The van der Waals surface area contributed by atoms with Gasteiger partial charge in [-0.1, -0.05) is 20.3 Å². The molecule has 2 unspecified atom stereocenters. The first-order valence-electron chi connectivity index (χ1n) is 9.34. The number of hydrogen-bond acceptors (Lipinski definition) is 7. The highest BCUT2D eigenvalue weighted by atomic mass is 31.2. The highest BCUT2D eigenvalue weighted by Gasteiger charge is 2.56. The molecular formula is C18H28N3O6P. The maximum Gasteiger partial charge on any atom is 0.330 e. The average Bonchev–Trinajstić information content (AvgIpc) is 2.95. The van der Waals surface area contributed by atoms with Gasteiger partial charge in [-0.25, -0.2) is 4.79 Å². The Labute approximate surface area is 165 Å². The van der Waals surface area contributed by atoms with Crippen molar-refractivity contribution in [2.24, 2.45) is 0 Å². The van der Waals surface area contributed by atoms with Crippen molar-refractivity contribution in [3.63, 3.8) is 0 Å². The van der Waals surface area contributed by atoms with Crippen LogP contribution in [-0.2, 0) is 18.5 Å². The highest BCUT2D eigenvalue weighted by molar-refractivity contribution is 7.46. The predicted octanol–water partition coefficient (Wildman–Crippen LogP) is 2.29. The Bertz CT molecular complexity index is 791. The van der Waals surface area contributed by atoms with Crippen LogP contribution in [0, 0.1) is 11.3 Å². The summed E-state index contributed by atoms with van der Waals surface area (Å²) in [6.45, 7) is 6.17. The second kappa shape index (κ2) is 10.3. The van der Waals surface area contributed by atoms with Crippen LogP contribution in [0.25, 0.3) is 0 Å².